The van der Waals surface area contributed by atoms with Crippen molar-refractivity contribution < 1.29 is 22.4 Å². The van der Waals surface area contributed by atoms with Gasteiger partial charge in [-0.1, -0.05) is 24.3 Å². The summed E-state index contributed by atoms with van der Waals surface area (Å²) in [4.78, 5) is 21.8. The first-order chi connectivity index (χ1) is 17.3. The van der Waals surface area contributed by atoms with Crippen molar-refractivity contribution in [1.29, 1.82) is 5.26 Å². The standard InChI is InChI=1S/C22H11F4N9O/c23-17-11-29-20(15-4-2-1-3-14(15)17)34-18(22(24,25)26)16(10-32-34)21(36)33-13-7-12(8-27)19(28-9-13)35-30-5-6-31-35/h1-7,9-11H,(H,33,36). The molecule has 1 N–H and O–H groups in total. The van der Waals surface area contributed by atoms with E-state index in [0.717, 1.165) is 23.4 Å². The van der Waals surface area contributed by atoms with Gasteiger partial charge in [-0.2, -0.15) is 33.7 Å². The van der Waals surface area contributed by atoms with Crippen molar-refractivity contribution in [3.05, 3.63) is 84.0 Å². The Hall–Kier alpha value is -5.19. The van der Waals surface area contributed by atoms with Crippen LogP contribution in [0.5, 0.6) is 0 Å². The number of alkyl halides is 3. The minimum absolute atomic E-state index is 0.0299. The Labute approximate surface area is 198 Å². The third-order valence-corrected chi connectivity index (χ3v) is 5.06. The minimum atomic E-state index is -5.02. The number of carbonyl (C=O) groups is 1. The second-order valence-corrected chi connectivity index (χ2v) is 7.27. The second-order valence-electron chi connectivity index (χ2n) is 7.27. The van der Waals surface area contributed by atoms with Gasteiger partial charge in [-0.25, -0.2) is 19.0 Å². The monoisotopic (exact) mass is 493 g/mol. The van der Waals surface area contributed by atoms with E-state index in [2.05, 4.69) is 30.6 Å². The van der Waals surface area contributed by atoms with Crippen LogP contribution < -0.4 is 5.32 Å². The Morgan fingerprint density at radius 3 is 2.36 bits per heavy atom. The van der Waals surface area contributed by atoms with E-state index >= 15 is 0 Å². The lowest BCUT2D eigenvalue weighted by molar-refractivity contribution is -0.143. The number of pyridine rings is 2. The van der Waals surface area contributed by atoms with Gasteiger partial charge in [0.05, 0.1) is 42.2 Å². The van der Waals surface area contributed by atoms with Gasteiger partial charge in [0.25, 0.3) is 5.91 Å². The summed E-state index contributed by atoms with van der Waals surface area (Å²) >= 11 is 0. The maximum Gasteiger partial charge on any atom is 0.434 e. The highest BCUT2D eigenvalue weighted by molar-refractivity contribution is 6.05. The van der Waals surface area contributed by atoms with Crippen LogP contribution in [-0.4, -0.2) is 40.6 Å². The fraction of sp³-hybridized carbons (Fsp3) is 0.0455. The lowest BCUT2D eigenvalue weighted by Gasteiger charge is -2.14. The third kappa shape index (κ3) is 3.88. The van der Waals surface area contributed by atoms with Gasteiger partial charge in [0.1, 0.15) is 17.4 Å². The number of carbonyl (C=O) groups excluding carboxylic acids is 1. The maximum atomic E-state index is 14.2. The van der Waals surface area contributed by atoms with Crippen molar-refractivity contribution in [2.45, 2.75) is 6.18 Å². The number of fused-ring (bicyclic) bond motifs is 1. The van der Waals surface area contributed by atoms with Crippen molar-refractivity contribution in [3.63, 3.8) is 0 Å². The topological polar surface area (TPSA) is 127 Å². The average Bonchev–Trinajstić information content (AvgIpc) is 3.55. The van der Waals surface area contributed by atoms with Crippen LogP contribution in [-0.2, 0) is 6.18 Å². The van der Waals surface area contributed by atoms with Gasteiger partial charge in [-0.3, -0.25) is 4.79 Å². The number of halogens is 4. The number of aromatic nitrogens is 7. The molecular weight excluding hydrogens is 482 g/mol. The summed E-state index contributed by atoms with van der Waals surface area (Å²) in [5.41, 5.74) is -2.29. The summed E-state index contributed by atoms with van der Waals surface area (Å²) in [7, 11) is 0. The molecule has 4 heterocycles. The van der Waals surface area contributed by atoms with E-state index in [-0.39, 0.29) is 33.7 Å². The summed E-state index contributed by atoms with van der Waals surface area (Å²) in [6, 6.07) is 8.92. The van der Waals surface area contributed by atoms with Crippen LogP contribution in [0, 0.1) is 17.1 Å². The molecule has 0 unspecified atom stereocenters. The fourth-order valence-corrected chi connectivity index (χ4v) is 3.55. The lowest BCUT2D eigenvalue weighted by Crippen LogP contribution is -2.21. The van der Waals surface area contributed by atoms with E-state index < -0.39 is 29.2 Å². The zero-order chi connectivity index (χ0) is 25.4. The van der Waals surface area contributed by atoms with E-state index in [0.29, 0.717) is 4.68 Å². The van der Waals surface area contributed by atoms with Crippen LogP contribution >= 0.6 is 0 Å². The molecule has 0 aliphatic heterocycles. The number of nitriles is 1. The number of anilines is 1. The third-order valence-electron chi connectivity index (χ3n) is 5.06. The van der Waals surface area contributed by atoms with Crippen LogP contribution in [0.2, 0.25) is 0 Å². The molecular formula is C22H11F4N9O. The van der Waals surface area contributed by atoms with Gasteiger partial charge in [0.15, 0.2) is 17.3 Å². The summed E-state index contributed by atoms with van der Waals surface area (Å²) in [5.74, 6) is -2.11. The largest absolute Gasteiger partial charge is 0.434 e. The van der Waals surface area contributed by atoms with E-state index in [4.69, 9.17) is 0 Å². The van der Waals surface area contributed by atoms with Crippen LogP contribution in [0.25, 0.3) is 22.4 Å². The molecule has 5 aromatic rings. The summed E-state index contributed by atoms with van der Waals surface area (Å²) in [6.07, 6.45) is 0.376. The molecule has 14 heteroatoms. The Morgan fingerprint density at radius 1 is 0.972 bits per heavy atom. The molecule has 36 heavy (non-hydrogen) atoms. The Balaban J connectivity index is 1.55. The molecule has 0 bridgehead atoms. The molecule has 5 rings (SSSR count). The fourth-order valence-electron chi connectivity index (χ4n) is 3.55. The van der Waals surface area contributed by atoms with E-state index in [1.807, 2.05) is 6.07 Å². The van der Waals surface area contributed by atoms with E-state index in [9.17, 15) is 27.6 Å². The molecule has 1 amide bonds. The molecule has 0 atom stereocenters. The highest BCUT2D eigenvalue weighted by Crippen LogP contribution is 2.35. The van der Waals surface area contributed by atoms with Gasteiger partial charge in [-0.05, 0) is 6.07 Å². The number of hydrogen-bond donors (Lipinski definition) is 1. The van der Waals surface area contributed by atoms with Gasteiger partial charge < -0.3 is 5.32 Å². The van der Waals surface area contributed by atoms with Crippen LogP contribution in [0.1, 0.15) is 21.6 Å². The van der Waals surface area contributed by atoms with Crippen molar-refractivity contribution in [2.24, 2.45) is 0 Å². The van der Waals surface area contributed by atoms with E-state index in [1.165, 1.54) is 42.7 Å². The summed E-state index contributed by atoms with van der Waals surface area (Å²) < 4.78 is 57.0. The predicted molar refractivity (Wildman–Crippen MR) is 116 cm³/mol. The zero-order valence-corrected chi connectivity index (χ0v) is 17.8. The average molecular weight is 493 g/mol. The quantitative estimate of drug-likeness (QED) is 0.379. The second kappa shape index (κ2) is 8.55. The van der Waals surface area contributed by atoms with Gasteiger partial charge in [0.2, 0.25) is 0 Å². The number of amides is 1. The van der Waals surface area contributed by atoms with Crippen molar-refractivity contribution >= 4 is 22.4 Å². The molecule has 178 valence electrons. The van der Waals surface area contributed by atoms with Crippen LogP contribution in [0.15, 0.2) is 61.3 Å². The Morgan fingerprint density at radius 2 is 1.67 bits per heavy atom. The molecule has 0 aliphatic carbocycles. The van der Waals surface area contributed by atoms with E-state index in [1.54, 1.807) is 0 Å². The zero-order valence-electron chi connectivity index (χ0n) is 17.8. The normalized spacial score (nSPS) is 11.4. The lowest BCUT2D eigenvalue weighted by atomic mass is 10.1. The van der Waals surface area contributed by atoms with Gasteiger partial charge in [0, 0.05) is 10.8 Å². The predicted octanol–water partition coefficient (Wildman–Crippen LogP) is 3.68. The maximum absolute atomic E-state index is 14.2. The molecule has 1 aromatic carbocycles. The molecule has 0 radical (unpaired) electrons. The highest BCUT2D eigenvalue weighted by Gasteiger charge is 2.41. The van der Waals surface area contributed by atoms with Gasteiger partial charge in [-0.15, -0.1) is 4.80 Å². The Kier molecular flexibility index (Phi) is 5.36. The van der Waals surface area contributed by atoms with Crippen molar-refractivity contribution in [1.82, 2.24) is 34.7 Å². The minimum Gasteiger partial charge on any atom is -0.320 e. The smallest absolute Gasteiger partial charge is 0.320 e. The number of hydrogen-bond acceptors (Lipinski definition) is 7. The molecule has 10 nitrogen and oxygen atoms in total. The molecule has 0 fully saturated rings. The number of nitrogens with one attached hydrogen (secondary N) is 1. The molecule has 0 saturated heterocycles. The summed E-state index contributed by atoms with van der Waals surface area (Å²) in [6.45, 7) is 0. The number of nitrogens with zero attached hydrogens (tertiary/aromatic N) is 8. The first-order valence-electron chi connectivity index (χ1n) is 10.0. The van der Waals surface area contributed by atoms with Crippen molar-refractivity contribution in [2.75, 3.05) is 5.32 Å². The molecule has 0 aliphatic rings. The molecule has 0 spiro atoms. The molecule has 4 aromatic heterocycles. The Bertz CT molecular complexity index is 1650. The van der Waals surface area contributed by atoms with Crippen LogP contribution in [0.4, 0.5) is 23.2 Å². The van der Waals surface area contributed by atoms with Gasteiger partial charge >= 0.3 is 6.18 Å². The first kappa shape index (κ1) is 22.6. The summed E-state index contributed by atoms with van der Waals surface area (Å²) in [5, 5.41) is 23.3. The van der Waals surface area contributed by atoms with Crippen LogP contribution in [0.3, 0.4) is 0 Å². The molecule has 0 saturated carbocycles. The SMILES string of the molecule is N#Cc1cc(NC(=O)c2cnn(-c3ncc(F)c4ccccc34)c2C(F)(F)F)cnc1-n1nccn1. The number of benzene rings is 1. The number of rotatable bonds is 4. The first-order valence-corrected chi connectivity index (χ1v) is 10.0. The van der Waals surface area contributed by atoms with Crippen molar-refractivity contribution in [3.8, 4) is 17.7 Å². The highest BCUT2D eigenvalue weighted by atomic mass is 19.4.